The van der Waals surface area contributed by atoms with Crippen molar-refractivity contribution >= 4 is 26.5 Å². The van der Waals surface area contributed by atoms with Crippen LogP contribution in [0.3, 0.4) is 0 Å². The molecule has 0 saturated heterocycles. The lowest BCUT2D eigenvalue weighted by Gasteiger charge is -2.31. The minimum atomic E-state index is -1.45. The maximum absolute atomic E-state index is 7.16. The van der Waals surface area contributed by atoms with E-state index in [0.717, 1.165) is 0 Å². The van der Waals surface area contributed by atoms with Gasteiger partial charge >= 0.3 is 0 Å². The summed E-state index contributed by atoms with van der Waals surface area (Å²) in [4.78, 5) is 0. The van der Waals surface area contributed by atoms with Gasteiger partial charge in [0, 0.05) is 8.07 Å². The molecule has 19 heavy (non-hydrogen) atoms. The molecule has 116 valence electrons. The first kappa shape index (κ1) is 19.7. The molecule has 0 atom stereocenters. The van der Waals surface area contributed by atoms with Gasteiger partial charge in [0.05, 0.1) is 0 Å². The van der Waals surface area contributed by atoms with E-state index in [-0.39, 0.29) is 0 Å². The van der Waals surface area contributed by atoms with Crippen LogP contribution in [0.4, 0.5) is 0 Å². The van der Waals surface area contributed by atoms with Crippen LogP contribution in [0.5, 0.6) is 0 Å². The number of rotatable bonds is 12. The molecular weight excluding hydrogens is 284 g/mol. The third kappa shape index (κ3) is 12.2. The van der Waals surface area contributed by atoms with Crippen LogP contribution >= 0.6 is 11.1 Å². The zero-order chi connectivity index (χ0) is 14.8. The first-order chi connectivity index (χ1) is 8.83. The van der Waals surface area contributed by atoms with Crippen molar-refractivity contribution in [2.75, 3.05) is 0 Å². The maximum atomic E-state index is 7.16. The van der Waals surface area contributed by atoms with E-state index in [1.54, 1.807) is 0 Å². The Bertz CT molecular complexity index is 199. The Morgan fingerprint density at radius 1 is 0.684 bits per heavy atom. The summed E-state index contributed by atoms with van der Waals surface area (Å²) in [6, 6.07) is 2.76. The molecule has 0 aliphatic heterocycles. The minimum Gasteiger partial charge on any atom is -0.167 e. The second-order valence-electron chi connectivity index (χ2n) is 7.51. The fraction of sp³-hybridized carbons (Fsp3) is 1.00. The van der Waals surface area contributed by atoms with Crippen LogP contribution in [0.25, 0.3) is 0 Å². The molecular formula is C16H37ClSi2. The van der Waals surface area contributed by atoms with E-state index >= 15 is 0 Å². The molecule has 3 heteroatoms. The van der Waals surface area contributed by atoms with Crippen molar-refractivity contribution in [1.82, 2.24) is 0 Å². The monoisotopic (exact) mass is 320 g/mol. The fourth-order valence-corrected chi connectivity index (χ4v) is 18.4. The molecule has 0 nitrogen and oxygen atoms in total. The Balaban J connectivity index is 4.19. The van der Waals surface area contributed by atoms with Gasteiger partial charge in [-0.1, -0.05) is 84.9 Å². The van der Waals surface area contributed by atoms with Crippen LogP contribution in [0.15, 0.2) is 0 Å². The molecule has 0 spiro atoms. The van der Waals surface area contributed by atoms with Crippen LogP contribution in [0, 0.1) is 0 Å². The molecule has 0 aromatic heterocycles. The van der Waals surface area contributed by atoms with E-state index in [4.69, 9.17) is 11.1 Å². The van der Waals surface area contributed by atoms with Gasteiger partial charge in [0.15, 0.2) is 7.38 Å². The molecule has 0 heterocycles. The summed E-state index contributed by atoms with van der Waals surface area (Å²) in [5.41, 5.74) is 1.43. The van der Waals surface area contributed by atoms with Crippen molar-refractivity contribution in [2.45, 2.75) is 103 Å². The van der Waals surface area contributed by atoms with Gasteiger partial charge in [-0.2, -0.15) is 11.1 Å². The summed E-state index contributed by atoms with van der Waals surface area (Å²) in [6.45, 7) is 12.1. The highest BCUT2D eigenvalue weighted by Gasteiger charge is 2.35. The molecule has 0 rings (SSSR count). The number of hydrogen-bond donors (Lipinski definition) is 0. The summed E-state index contributed by atoms with van der Waals surface area (Å²) in [6.07, 6.45) is 11.0. The summed E-state index contributed by atoms with van der Waals surface area (Å²) >= 11 is 7.16. The molecule has 0 aromatic carbocycles. The van der Waals surface area contributed by atoms with Crippen molar-refractivity contribution in [3.8, 4) is 0 Å². The van der Waals surface area contributed by atoms with Gasteiger partial charge < -0.3 is 0 Å². The molecule has 0 unspecified atom stereocenters. The third-order valence-electron chi connectivity index (χ3n) is 3.80. The van der Waals surface area contributed by atoms with E-state index in [2.05, 4.69) is 33.5 Å². The number of unbranched alkanes of at least 4 members (excludes halogenated alkanes) is 6. The van der Waals surface area contributed by atoms with Gasteiger partial charge in [-0.3, -0.25) is 0 Å². The SMILES string of the molecule is CCCCCC[Si](Cl)(CCCCCC)C[Si](C)(C)C. The Kier molecular flexibility index (Phi) is 10.8. The average Bonchev–Trinajstić information content (AvgIpc) is 2.28. The van der Waals surface area contributed by atoms with Crippen LogP contribution in [-0.4, -0.2) is 15.5 Å². The summed E-state index contributed by atoms with van der Waals surface area (Å²) in [7, 11) is -2.45. The van der Waals surface area contributed by atoms with Gasteiger partial charge in [-0.05, 0) is 17.8 Å². The summed E-state index contributed by atoms with van der Waals surface area (Å²) < 4.78 is 0. The zero-order valence-electron chi connectivity index (χ0n) is 14.2. The highest BCUT2D eigenvalue weighted by molar-refractivity contribution is 7.24. The molecule has 0 saturated carbocycles. The van der Waals surface area contributed by atoms with Crippen molar-refractivity contribution in [1.29, 1.82) is 0 Å². The van der Waals surface area contributed by atoms with Gasteiger partial charge in [0.2, 0.25) is 0 Å². The Labute approximate surface area is 129 Å². The number of hydrogen-bond acceptors (Lipinski definition) is 0. The first-order valence-corrected chi connectivity index (χ1v) is 15.9. The van der Waals surface area contributed by atoms with E-state index in [0.29, 0.717) is 0 Å². The van der Waals surface area contributed by atoms with Gasteiger partial charge in [-0.25, -0.2) is 0 Å². The fourth-order valence-electron chi connectivity index (χ4n) is 2.99. The molecule has 0 aliphatic rings. The van der Waals surface area contributed by atoms with Gasteiger partial charge in [0.25, 0.3) is 0 Å². The Morgan fingerprint density at radius 2 is 1.11 bits per heavy atom. The Hall–Kier alpha value is 0.724. The van der Waals surface area contributed by atoms with Crippen LogP contribution in [0.1, 0.15) is 65.2 Å². The molecule has 0 radical (unpaired) electrons. The molecule has 0 N–H and O–H groups in total. The zero-order valence-corrected chi connectivity index (χ0v) is 16.9. The predicted octanol–water partition coefficient (Wildman–Crippen LogP) is 7.21. The lowest BCUT2D eigenvalue weighted by atomic mass is 10.2. The summed E-state index contributed by atoms with van der Waals surface area (Å²) in [5.74, 6) is 0. The van der Waals surface area contributed by atoms with Gasteiger partial charge in [-0.15, -0.1) is 0 Å². The topological polar surface area (TPSA) is 0 Å². The third-order valence-corrected chi connectivity index (χ3v) is 15.4. The van der Waals surface area contributed by atoms with Crippen molar-refractivity contribution in [2.24, 2.45) is 0 Å². The van der Waals surface area contributed by atoms with E-state index in [1.807, 2.05) is 0 Å². The largest absolute Gasteiger partial charge is 0.167 e. The van der Waals surface area contributed by atoms with Crippen LogP contribution in [-0.2, 0) is 0 Å². The quantitative estimate of drug-likeness (QED) is 0.202. The smallest absolute Gasteiger partial charge is 0.154 e. The molecule has 0 aliphatic carbocycles. The van der Waals surface area contributed by atoms with Crippen molar-refractivity contribution < 1.29 is 0 Å². The van der Waals surface area contributed by atoms with E-state index in [1.165, 1.54) is 69.1 Å². The van der Waals surface area contributed by atoms with E-state index < -0.39 is 15.5 Å². The molecule has 0 fully saturated rings. The minimum absolute atomic E-state index is 1.000. The summed E-state index contributed by atoms with van der Waals surface area (Å²) in [5, 5.41) is 0. The highest BCUT2D eigenvalue weighted by atomic mass is 35.6. The predicted molar refractivity (Wildman–Crippen MR) is 97.7 cm³/mol. The van der Waals surface area contributed by atoms with Crippen molar-refractivity contribution in [3.05, 3.63) is 0 Å². The molecule has 0 bridgehead atoms. The second kappa shape index (κ2) is 10.5. The Morgan fingerprint density at radius 3 is 1.42 bits per heavy atom. The lowest BCUT2D eigenvalue weighted by molar-refractivity contribution is 0.684. The molecule has 0 aromatic rings. The maximum Gasteiger partial charge on any atom is 0.154 e. The number of halogens is 1. The lowest BCUT2D eigenvalue weighted by Crippen LogP contribution is -2.37. The van der Waals surface area contributed by atoms with Crippen molar-refractivity contribution in [3.63, 3.8) is 0 Å². The van der Waals surface area contributed by atoms with Gasteiger partial charge in [0.1, 0.15) is 0 Å². The standard InChI is InChI=1S/C16H37ClSi2/c1-6-8-10-12-14-19(17,16-18(3,4)5)15-13-11-9-7-2/h6-16H2,1-5H3. The average molecular weight is 321 g/mol. The second-order valence-corrected chi connectivity index (χ2v) is 19.8. The van der Waals surface area contributed by atoms with Crippen LogP contribution in [0.2, 0.25) is 37.4 Å². The normalized spacial score (nSPS) is 12.9. The highest BCUT2D eigenvalue weighted by Crippen LogP contribution is 2.34. The molecule has 0 amide bonds. The van der Waals surface area contributed by atoms with E-state index in [9.17, 15) is 0 Å². The van der Waals surface area contributed by atoms with Crippen LogP contribution < -0.4 is 0 Å². The first-order valence-electron chi connectivity index (χ1n) is 8.52.